The molecule has 130 valence electrons. The summed E-state index contributed by atoms with van der Waals surface area (Å²) in [6.07, 6.45) is 0. The summed E-state index contributed by atoms with van der Waals surface area (Å²) in [5, 5.41) is 0. The molecule has 0 bridgehead atoms. The SMILES string of the molecule is Cc1ccc(C(=O)N2CCN(C(=O)c3cccc(F)c3)CC2)cc1F. The number of nitrogens with zero attached hydrogens (tertiary/aromatic N) is 2. The van der Waals surface area contributed by atoms with Gasteiger partial charge in [0.1, 0.15) is 11.6 Å². The Morgan fingerprint density at radius 3 is 1.92 bits per heavy atom. The van der Waals surface area contributed by atoms with Crippen LogP contribution in [0.3, 0.4) is 0 Å². The number of piperazine rings is 1. The minimum atomic E-state index is -0.457. The molecule has 4 nitrogen and oxygen atoms in total. The molecule has 1 heterocycles. The summed E-state index contributed by atoms with van der Waals surface area (Å²) >= 11 is 0. The molecule has 3 rings (SSSR count). The third-order valence-corrected chi connectivity index (χ3v) is 4.34. The molecule has 6 heteroatoms. The first-order valence-electron chi connectivity index (χ1n) is 8.06. The summed E-state index contributed by atoms with van der Waals surface area (Å²) in [6, 6.07) is 9.97. The van der Waals surface area contributed by atoms with Gasteiger partial charge in [-0.2, -0.15) is 0 Å². The smallest absolute Gasteiger partial charge is 0.254 e. The molecule has 1 aliphatic heterocycles. The minimum Gasteiger partial charge on any atom is -0.335 e. The number of benzene rings is 2. The maximum Gasteiger partial charge on any atom is 0.254 e. The fourth-order valence-electron chi connectivity index (χ4n) is 2.83. The fourth-order valence-corrected chi connectivity index (χ4v) is 2.83. The van der Waals surface area contributed by atoms with Crippen molar-refractivity contribution < 1.29 is 18.4 Å². The van der Waals surface area contributed by atoms with Crippen molar-refractivity contribution in [2.45, 2.75) is 6.92 Å². The van der Waals surface area contributed by atoms with Crippen molar-refractivity contribution in [3.05, 3.63) is 70.8 Å². The van der Waals surface area contributed by atoms with Crippen LogP contribution in [0.5, 0.6) is 0 Å². The monoisotopic (exact) mass is 344 g/mol. The number of hydrogen-bond acceptors (Lipinski definition) is 2. The Balaban J connectivity index is 1.64. The van der Waals surface area contributed by atoms with Crippen LogP contribution in [0.4, 0.5) is 8.78 Å². The molecule has 2 aromatic carbocycles. The maximum absolute atomic E-state index is 13.6. The van der Waals surface area contributed by atoms with E-state index in [1.165, 1.54) is 24.3 Å². The zero-order chi connectivity index (χ0) is 18.0. The Hall–Kier alpha value is -2.76. The molecule has 0 aromatic heterocycles. The van der Waals surface area contributed by atoms with E-state index < -0.39 is 11.6 Å². The summed E-state index contributed by atoms with van der Waals surface area (Å²) in [5.74, 6) is -1.38. The molecule has 1 fully saturated rings. The Morgan fingerprint density at radius 1 is 0.840 bits per heavy atom. The largest absolute Gasteiger partial charge is 0.335 e. The Labute approximate surface area is 144 Å². The van der Waals surface area contributed by atoms with E-state index in [4.69, 9.17) is 0 Å². The molecule has 0 atom stereocenters. The van der Waals surface area contributed by atoms with Crippen molar-refractivity contribution in [3.63, 3.8) is 0 Å². The first kappa shape index (κ1) is 17.1. The summed E-state index contributed by atoms with van der Waals surface area (Å²) in [5.41, 5.74) is 1.08. The van der Waals surface area contributed by atoms with Crippen LogP contribution in [0.1, 0.15) is 26.3 Å². The second-order valence-corrected chi connectivity index (χ2v) is 6.06. The van der Waals surface area contributed by atoms with Crippen LogP contribution in [0, 0.1) is 18.6 Å². The van der Waals surface area contributed by atoms with Crippen LogP contribution in [-0.2, 0) is 0 Å². The van der Waals surface area contributed by atoms with E-state index in [1.54, 1.807) is 34.9 Å². The van der Waals surface area contributed by atoms with Crippen molar-refractivity contribution in [1.29, 1.82) is 0 Å². The number of amides is 2. The Morgan fingerprint density at radius 2 is 1.40 bits per heavy atom. The lowest BCUT2D eigenvalue weighted by Gasteiger charge is -2.35. The molecule has 0 radical (unpaired) electrons. The fraction of sp³-hybridized carbons (Fsp3) is 0.263. The number of aryl methyl sites for hydroxylation is 1. The first-order chi connectivity index (χ1) is 12.0. The molecule has 25 heavy (non-hydrogen) atoms. The summed E-state index contributed by atoms with van der Waals surface area (Å²) in [7, 11) is 0. The third kappa shape index (κ3) is 3.68. The predicted octanol–water partition coefficient (Wildman–Crippen LogP) is 2.87. The van der Waals surface area contributed by atoms with Gasteiger partial charge in [0.05, 0.1) is 0 Å². The Bertz CT molecular complexity index is 815. The van der Waals surface area contributed by atoms with E-state index >= 15 is 0 Å². The molecule has 1 aliphatic rings. The number of carbonyl (C=O) groups excluding carboxylic acids is 2. The highest BCUT2D eigenvalue weighted by Crippen LogP contribution is 2.15. The van der Waals surface area contributed by atoms with Crippen molar-refractivity contribution in [2.24, 2.45) is 0 Å². The molecular weight excluding hydrogens is 326 g/mol. The second-order valence-electron chi connectivity index (χ2n) is 6.06. The molecule has 2 amide bonds. The highest BCUT2D eigenvalue weighted by molar-refractivity contribution is 5.96. The van der Waals surface area contributed by atoms with Gasteiger partial charge in [-0.05, 0) is 42.8 Å². The summed E-state index contributed by atoms with van der Waals surface area (Å²) in [6.45, 7) is 3.07. The lowest BCUT2D eigenvalue weighted by molar-refractivity contribution is 0.0535. The van der Waals surface area contributed by atoms with Gasteiger partial charge in [0.15, 0.2) is 0 Å². The summed E-state index contributed by atoms with van der Waals surface area (Å²) < 4.78 is 26.9. The normalized spacial score (nSPS) is 14.5. The lowest BCUT2D eigenvalue weighted by Crippen LogP contribution is -2.50. The predicted molar refractivity (Wildman–Crippen MR) is 89.3 cm³/mol. The highest BCUT2D eigenvalue weighted by Gasteiger charge is 2.26. The van der Waals surface area contributed by atoms with Crippen molar-refractivity contribution in [2.75, 3.05) is 26.2 Å². The van der Waals surface area contributed by atoms with E-state index in [0.717, 1.165) is 0 Å². The topological polar surface area (TPSA) is 40.6 Å². The molecule has 0 aliphatic carbocycles. The van der Waals surface area contributed by atoms with Crippen molar-refractivity contribution in [3.8, 4) is 0 Å². The molecular formula is C19H18F2N2O2. The quantitative estimate of drug-likeness (QED) is 0.841. The number of carbonyl (C=O) groups is 2. The van der Waals surface area contributed by atoms with Gasteiger partial charge in [-0.15, -0.1) is 0 Å². The van der Waals surface area contributed by atoms with E-state index in [-0.39, 0.29) is 11.8 Å². The van der Waals surface area contributed by atoms with E-state index in [2.05, 4.69) is 0 Å². The zero-order valence-corrected chi connectivity index (χ0v) is 13.8. The molecule has 0 spiro atoms. The summed E-state index contributed by atoms with van der Waals surface area (Å²) in [4.78, 5) is 28.0. The van der Waals surface area contributed by atoms with Gasteiger partial charge in [-0.1, -0.05) is 12.1 Å². The van der Waals surface area contributed by atoms with E-state index in [0.29, 0.717) is 42.9 Å². The van der Waals surface area contributed by atoms with E-state index in [9.17, 15) is 18.4 Å². The minimum absolute atomic E-state index is 0.253. The molecule has 0 unspecified atom stereocenters. The van der Waals surface area contributed by atoms with Crippen LogP contribution in [0.2, 0.25) is 0 Å². The average Bonchev–Trinajstić information content (AvgIpc) is 2.63. The zero-order valence-electron chi connectivity index (χ0n) is 13.8. The number of halogens is 2. The van der Waals surface area contributed by atoms with Gasteiger partial charge in [-0.25, -0.2) is 8.78 Å². The van der Waals surface area contributed by atoms with Gasteiger partial charge in [-0.3, -0.25) is 9.59 Å². The van der Waals surface area contributed by atoms with Crippen LogP contribution in [0.15, 0.2) is 42.5 Å². The van der Waals surface area contributed by atoms with Crippen LogP contribution < -0.4 is 0 Å². The van der Waals surface area contributed by atoms with Gasteiger partial charge in [0.2, 0.25) is 0 Å². The second kappa shape index (κ2) is 7.01. The van der Waals surface area contributed by atoms with Crippen LogP contribution >= 0.6 is 0 Å². The number of hydrogen-bond donors (Lipinski definition) is 0. The molecule has 2 aromatic rings. The van der Waals surface area contributed by atoms with E-state index in [1.807, 2.05) is 0 Å². The van der Waals surface area contributed by atoms with Crippen molar-refractivity contribution in [1.82, 2.24) is 9.80 Å². The standard InChI is InChI=1S/C19H18F2N2O2/c1-13-5-6-15(12-17(13)21)19(25)23-9-7-22(8-10-23)18(24)14-3-2-4-16(20)11-14/h2-6,11-12H,7-10H2,1H3. The van der Waals surface area contributed by atoms with Crippen LogP contribution in [-0.4, -0.2) is 47.8 Å². The van der Waals surface area contributed by atoms with Gasteiger partial charge in [0.25, 0.3) is 11.8 Å². The molecule has 1 saturated heterocycles. The van der Waals surface area contributed by atoms with Crippen LogP contribution in [0.25, 0.3) is 0 Å². The third-order valence-electron chi connectivity index (χ3n) is 4.34. The van der Waals surface area contributed by atoms with Crippen molar-refractivity contribution >= 4 is 11.8 Å². The molecule has 0 N–H and O–H groups in total. The number of rotatable bonds is 2. The van der Waals surface area contributed by atoms with Gasteiger partial charge >= 0.3 is 0 Å². The first-order valence-corrected chi connectivity index (χ1v) is 8.06. The lowest BCUT2D eigenvalue weighted by atomic mass is 10.1. The maximum atomic E-state index is 13.6. The highest BCUT2D eigenvalue weighted by atomic mass is 19.1. The van der Waals surface area contributed by atoms with Gasteiger partial charge in [0, 0.05) is 37.3 Å². The Kier molecular flexibility index (Phi) is 4.79. The molecule has 0 saturated carbocycles. The van der Waals surface area contributed by atoms with Gasteiger partial charge < -0.3 is 9.80 Å². The average molecular weight is 344 g/mol.